The number of carbonyl (C=O) groups is 4. The number of aliphatic hydroxyl groups excluding tert-OH is 1. The van der Waals surface area contributed by atoms with Gasteiger partial charge in [0.15, 0.2) is 11.5 Å². The van der Waals surface area contributed by atoms with Crippen LogP contribution in [0.4, 0.5) is 24.5 Å². The molecule has 6 N–H and O–H groups in total. The lowest BCUT2D eigenvalue weighted by molar-refractivity contribution is -0.139. The Morgan fingerprint density at radius 1 is 0.957 bits per heavy atom. The number of hydrogen-bond acceptors (Lipinski definition) is 12. The van der Waals surface area contributed by atoms with Crippen molar-refractivity contribution in [3.05, 3.63) is 117 Å². The highest BCUT2D eigenvalue weighted by molar-refractivity contribution is 5.95. The average Bonchev–Trinajstić information content (AvgIpc) is 3.78. The van der Waals surface area contributed by atoms with Crippen molar-refractivity contribution >= 4 is 46.4 Å². The van der Waals surface area contributed by atoms with Crippen LogP contribution >= 0.6 is 0 Å². The number of anilines is 2. The molecule has 1 fully saturated rings. The van der Waals surface area contributed by atoms with E-state index in [4.69, 9.17) is 10.7 Å². The Hall–Kier alpha value is -7.13. The highest BCUT2D eigenvalue weighted by Gasteiger charge is 2.35. The molecular formula is C48H56F3N11O7. The Balaban J connectivity index is 1.15. The van der Waals surface area contributed by atoms with Gasteiger partial charge in [-0.1, -0.05) is 57.2 Å². The van der Waals surface area contributed by atoms with E-state index in [1.807, 2.05) is 44.2 Å². The van der Waals surface area contributed by atoms with Gasteiger partial charge in [0.1, 0.15) is 30.1 Å². The summed E-state index contributed by atoms with van der Waals surface area (Å²) < 4.78 is 43.0. The molecule has 3 aromatic heterocycles. The number of carbonyl (C=O) groups excluding carboxylic acids is 4. The lowest BCUT2D eigenvalue weighted by Crippen LogP contribution is -2.55. The average molecular weight is 956 g/mol. The van der Waals surface area contributed by atoms with Crippen LogP contribution in [0.5, 0.6) is 5.75 Å². The van der Waals surface area contributed by atoms with Crippen LogP contribution in [0.15, 0.2) is 77.7 Å². The molecule has 69 heavy (non-hydrogen) atoms. The number of aryl methyl sites for hydroxylation is 1. The van der Waals surface area contributed by atoms with Gasteiger partial charge < -0.3 is 45.8 Å². The smallest absolute Gasteiger partial charge is 0.416 e. The number of alkyl halides is 3. The van der Waals surface area contributed by atoms with E-state index in [-0.39, 0.29) is 110 Å². The number of fused-ring (bicyclic) bond motifs is 1. The summed E-state index contributed by atoms with van der Waals surface area (Å²) in [5.41, 5.74) is 7.15. The molecule has 0 radical (unpaired) electrons. The number of hydrogen-bond donors (Lipinski definition) is 5. The van der Waals surface area contributed by atoms with Crippen LogP contribution in [0.1, 0.15) is 72.3 Å². The van der Waals surface area contributed by atoms with E-state index in [1.165, 1.54) is 36.2 Å². The van der Waals surface area contributed by atoms with Crippen molar-refractivity contribution in [3.8, 4) is 5.75 Å². The van der Waals surface area contributed by atoms with Crippen molar-refractivity contribution in [2.75, 3.05) is 49.5 Å². The second-order valence-corrected chi connectivity index (χ2v) is 17.7. The molecule has 0 aliphatic carbocycles. The van der Waals surface area contributed by atoms with Gasteiger partial charge in [0.2, 0.25) is 17.6 Å². The second-order valence-electron chi connectivity index (χ2n) is 17.7. The zero-order valence-electron chi connectivity index (χ0n) is 38.7. The van der Waals surface area contributed by atoms with E-state index in [0.717, 1.165) is 22.2 Å². The van der Waals surface area contributed by atoms with Crippen molar-refractivity contribution in [1.82, 2.24) is 39.3 Å². The van der Waals surface area contributed by atoms with Crippen molar-refractivity contribution in [2.24, 2.45) is 11.7 Å². The second kappa shape index (κ2) is 21.0. The van der Waals surface area contributed by atoms with E-state index in [0.29, 0.717) is 17.7 Å². The minimum absolute atomic E-state index is 0.00630. The molecule has 0 bridgehead atoms. The van der Waals surface area contributed by atoms with E-state index in [2.05, 4.69) is 20.7 Å². The van der Waals surface area contributed by atoms with Crippen molar-refractivity contribution < 1.29 is 42.6 Å². The molecule has 5 heterocycles. The normalized spacial score (nSPS) is 15.7. The molecule has 0 saturated carbocycles. The number of amides is 4. The Morgan fingerprint density at radius 2 is 1.68 bits per heavy atom. The van der Waals surface area contributed by atoms with Gasteiger partial charge in [-0.05, 0) is 85.6 Å². The summed E-state index contributed by atoms with van der Waals surface area (Å²) in [4.78, 5) is 82.7. The molecule has 3 atom stereocenters. The van der Waals surface area contributed by atoms with E-state index in [1.54, 1.807) is 27.4 Å². The molecule has 21 heteroatoms. The first-order valence-electron chi connectivity index (χ1n) is 22.8. The molecule has 366 valence electrons. The van der Waals surface area contributed by atoms with Crippen LogP contribution in [0.25, 0.3) is 11.4 Å². The van der Waals surface area contributed by atoms with Gasteiger partial charge in [-0.15, -0.1) is 5.10 Å². The molecular weight excluding hydrogens is 900 g/mol. The van der Waals surface area contributed by atoms with Crippen LogP contribution in [0.2, 0.25) is 0 Å². The van der Waals surface area contributed by atoms with Crippen molar-refractivity contribution in [3.63, 3.8) is 0 Å². The zero-order valence-corrected chi connectivity index (χ0v) is 38.7. The summed E-state index contributed by atoms with van der Waals surface area (Å²) in [7, 11) is 0. The highest BCUT2D eigenvalue weighted by atomic mass is 19.4. The van der Waals surface area contributed by atoms with Gasteiger partial charge in [0, 0.05) is 57.2 Å². The van der Waals surface area contributed by atoms with Crippen LogP contribution in [-0.4, -0.2) is 125 Å². The van der Waals surface area contributed by atoms with Gasteiger partial charge >= 0.3 is 6.18 Å². The molecule has 2 aliphatic rings. The van der Waals surface area contributed by atoms with Crippen LogP contribution in [-0.2, 0) is 39.9 Å². The summed E-state index contributed by atoms with van der Waals surface area (Å²) in [6.07, 6.45) is -1.95. The number of piperazine rings is 1. The molecule has 1 saturated heterocycles. The molecule has 2 aromatic carbocycles. The summed E-state index contributed by atoms with van der Waals surface area (Å²) >= 11 is 0. The van der Waals surface area contributed by atoms with E-state index < -0.39 is 59.8 Å². The predicted molar refractivity (Wildman–Crippen MR) is 250 cm³/mol. The van der Waals surface area contributed by atoms with E-state index in [9.17, 15) is 47.4 Å². The fourth-order valence-corrected chi connectivity index (χ4v) is 8.66. The van der Waals surface area contributed by atoms with Crippen LogP contribution < -0.4 is 26.8 Å². The number of aliphatic hydroxyl groups is 1. The maximum Gasteiger partial charge on any atom is 0.416 e. The minimum Gasteiger partial charge on any atom is -0.505 e. The maximum atomic E-state index is 14.6. The summed E-state index contributed by atoms with van der Waals surface area (Å²) in [5.74, 6) is -2.27. The topological polar surface area (TPSA) is 234 Å². The van der Waals surface area contributed by atoms with Gasteiger partial charge in [-0.25, -0.2) is 4.98 Å². The molecule has 2 aliphatic heterocycles. The Bertz CT molecular complexity index is 2800. The summed E-state index contributed by atoms with van der Waals surface area (Å²) in [5, 5.41) is 31.2. The first-order valence-corrected chi connectivity index (χ1v) is 22.8. The molecule has 5 aromatic rings. The fourth-order valence-electron chi connectivity index (χ4n) is 8.66. The monoisotopic (exact) mass is 955 g/mol. The van der Waals surface area contributed by atoms with Gasteiger partial charge in [-0.2, -0.15) is 22.7 Å². The Kier molecular flexibility index (Phi) is 15.2. The highest BCUT2D eigenvalue weighted by Crippen LogP contribution is 2.32. The third-order valence-electron chi connectivity index (χ3n) is 12.3. The fraction of sp³-hybridized carbons (Fsp3) is 0.417. The van der Waals surface area contributed by atoms with Crippen molar-refractivity contribution in [1.29, 1.82) is 0 Å². The van der Waals surface area contributed by atoms with Crippen molar-refractivity contribution in [2.45, 2.75) is 84.3 Å². The van der Waals surface area contributed by atoms with Gasteiger partial charge in [0.05, 0.1) is 11.3 Å². The quantitative estimate of drug-likeness (QED) is 0.101. The van der Waals surface area contributed by atoms with E-state index >= 15 is 0 Å². The largest absolute Gasteiger partial charge is 0.505 e. The minimum atomic E-state index is -4.58. The molecule has 18 nitrogen and oxygen atoms in total. The van der Waals surface area contributed by atoms with Gasteiger partial charge in [0.25, 0.3) is 17.4 Å². The summed E-state index contributed by atoms with van der Waals surface area (Å²) in [6.45, 7) is 7.68. The maximum absolute atomic E-state index is 14.6. The lowest BCUT2D eigenvalue weighted by Gasteiger charge is -2.36. The molecule has 0 spiro atoms. The Morgan fingerprint density at radius 3 is 2.30 bits per heavy atom. The standard InChI is InChI=1S/C48H56F3N11O7/c1-5-36-40(58-20-22-60(23-21-58)45(68)39-37(63)12-9-17-53-39)46(69)62-47(61(36)27-38(64)54-34-14-13-32(25-29(34)4)48(49,50)51)56-42(57-62)31-15-18-59(19-16-31)44(67)35(24-28(2)3)55-43(66)41(65)33(52)26-30-10-7-6-8-11-30/h6-15,17,25,28,33,35,41,63,65H,5,16,18-24,26-27,52H2,1-4H3,(H,54,64)(H,55,66). The predicted octanol–water partition coefficient (Wildman–Crippen LogP) is 3.56. The lowest BCUT2D eigenvalue weighted by atomic mass is 9.99. The number of aromatic nitrogens is 5. The van der Waals surface area contributed by atoms with Crippen LogP contribution in [0, 0.1) is 12.8 Å². The number of benzene rings is 2. The zero-order chi connectivity index (χ0) is 49.7. The molecule has 7 rings (SSSR count). The third kappa shape index (κ3) is 11.3. The number of nitrogens with zero attached hydrogens (tertiary/aromatic N) is 8. The SMILES string of the molecule is CCc1c(N2CCN(C(=O)c3ncccc3O)CC2)c(=O)n2nc(C3=CCN(C(=O)C(CC(C)C)NC(=O)C(O)C(N)Cc4ccccc4)CC3)nc2n1CC(=O)Nc1ccc(C(F)(F)F)cc1C. The Labute approximate surface area is 395 Å². The number of nitrogens with one attached hydrogen (secondary N) is 2. The van der Waals surface area contributed by atoms with Gasteiger partial charge in [-0.3, -0.25) is 24.0 Å². The number of halogens is 3. The molecule has 4 amide bonds. The van der Waals surface area contributed by atoms with Crippen LogP contribution in [0.3, 0.4) is 0 Å². The number of nitrogens with two attached hydrogens (primary N) is 1. The number of rotatable bonds is 15. The number of pyridine rings is 1. The summed E-state index contributed by atoms with van der Waals surface area (Å²) in [6, 6.07) is 13.2. The first kappa shape index (κ1) is 49.8. The first-order chi connectivity index (χ1) is 32.8. The molecule has 3 unspecified atom stereocenters. The number of aromatic hydroxyl groups is 1. The third-order valence-corrected chi connectivity index (χ3v) is 12.3.